The van der Waals surface area contributed by atoms with Crippen molar-refractivity contribution >= 4 is 23.1 Å². The van der Waals surface area contributed by atoms with Crippen LogP contribution in [-0.4, -0.2) is 7.11 Å². The summed E-state index contributed by atoms with van der Waals surface area (Å²) >= 11 is 1.70. The molecule has 3 rings (SSSR count). The largest absolute Gasteiger partial charge is 0.495 e. The van der Waals surface area contributed by atoms with Crippen molar-refractivity contribution in [1.82, 2.24) is 0 Å². The lowest BCUT2D eigenvalue weighted by molar-refractivity contribution is 0.405. The molecule has 0 fully saturated rings. The summed E-state index contributed by atoms with van der Waals surface area (Å²) in [6.45, 7) is 0. The number of para-hydroxylation sites is 1. The smallest absolute Gasteiger partial charge is 0.134 e. The summed E-state index contributed by atoms with van der Waals surface area (Å²) in [6.07, 6.45) is 0. The number of methoxy groups -OCH3 is 1. The molecule has 0 aliphatic rings. The molecule has 0 radical (unpaired) electrons. The van der Waals surface area contributed by atoms with Gasteiger partial charge in [0.15, 0.2) is 0 Å². The maximum atomic E-state index is 5.54. The zero-order chi connectivity index (χ0) is 15.2. The van der Waals surface area contributed by atoms with Crippen molar-refractivity contribution in [3.63, 3.8) is 0 Å². The van der Waals surface area contributed by atoms with Crippen LogP contribution in [0.4, 0.5) is 11.4 Å². The predicted molar refractivity (Wildman–Crippen MR) is 93.3 cm³/mol. The van der Waals surface area contributed by atoms with Crippen LogP contribution < -0.4 is 10.1 Å². The molecule has 3 aromatic rings. The van der Waals surface area contributed by atoms with Gasteiger partial charge in [-0.05, 0) is 36.4 Å². The number of ether oxygens (including phenoxy) is 1. The Morgan fingerprint density at radius 2 is 1.45 bits per heavy atom. The van der Waals surface area contributed by atoms with Gasteiger partial charge in [-0.3, -0.25) is 0 Å². The van der Waals surface area contributed by atoms with Gasteiger partial charge in [0.2, 0.25) is 0 Å². The molecular formula is C19H17NOS. The van der Waals surface area contributed by atoms with Gasteiger partial charge in [-0.25, -0.2) is 0 Å². The zero-order valence-corrected chi connectivity index (χ0v) is 13.1. The summed E-state index contributed by atoms with van der Waals surface area (Å²) in [5.74, 6) is 0.870. The van der Waals surface area contributed by atoms with Gasteiger partial charge in [0.1, 0.15) is 5.75 Å². The first-order chi connectivity index (χ1) is 10.9. The van der Waals surface area contributed by atoms with E-state index in [0.717, 1.165) is 22.0 Å². The Morgan fingerprint density at radius 1 is 0.773 bits per heavy atom. The van der Waals surface area contributed by atoms with Gasteiger partial charge in [0.05, 0.1) is 17.7 Å². The van der Waals surface area contributed by atoms with Crippen LogP contribution in [0.25, 0.3) is 0 Å². The Balaban J connectivity index is 1.95. The monoisotopic (exact) mass is 307 g/mol. The van der Waals surface area contributed by atoms with Crippen molar-refractivity contribution in [2.75, 3.05) is 12.4 Å². The van der Waals surface area contributed by atoms with E-state index >= 15 is 0 Å². The topological polar surface area (TPSA) is 21.3 Å². The lowest BCUT2D eigenvalue weighted by atomic mass is 10.2. The van der Waals surface area contributed by atoms with Crippen molar-refractivity contribution in [1.29, 1.82) is 0 Å². The highest BCUT2D eigenvalue weighted by Gasteiger charge is 2.11. The second-order valence-corrected chi connectivity index (χ2v) is 5.83. The zero-order valence-electron chi connectivity index (χ0n) is 12.3. The number of nitrogens with one attached hydrogen (secondary N) is 1. The highest BCUT2D eigenvalue weighted by Crippen LogP contribution is 2.41. The van der Waals surface area contributed by atoms with E-state index in [1.165, 1.54) is 4.90 Å². The second kappa shape index (κ2) is 7.05. The number of benzene rings is 3. The van der Waals surface area contributed by atoms with Crippen LogP contribution in [0.5, 0.6) is 5.75 Å². The van der Waals surface area contributed by atoms with E-state index < -0.39 is 0 Å². The van der Waals surface area contributed by atoms with Gasteiger partial charge in [-0.1, -0.05) is 54.2 Å². The molecule has 22 heavy (non-hydrogen) atoms. The Bertz CT molecular complexity index is 729. The molecule has 0 unspecified atom stereocenters. The molecule has 0 aromatic heterocycles. The van der Waals surface area contributed by atoms with Crippen LogP contribution in [-0.2, 0) is 0 Å². The molecule has 0 bridgehead atoms. The molecule has 3 heteroatoms. The fourth-order valence-electron chi connectivity index (χ4n) is 2.16. The van der Waals surface area contributed by atoms with E-state index in [1.54, 1.807) is 18.9 Å². The van der Waals surface area contributed by atoms with Crippen molar-refractivity contribution in [2.24, 2.45) is 0 Å². The molecule has 0 saturated heterocycles. The standard InChI is InChI=1S/C19H17NOS/c1-21-18-14-8-13-17(20-15-9-4-2-5-10-15)19(18)22-16-11-6-3-7-12-16/h2-14,20H,1H3. The van der Waals surface area contributed by atoms with E-state index in [-0.39, 0.29) is 0 Å². The molecule has 0 amide bonds. The number of rotatable bonds is 5. The average Bonchev–Trinajstić information content (AvgIpc) is 2.58. The van der Waals surface area contributed by atoms with E-state index in [0.29, 0.717) is 0 Å². The van der Waals surface area contributed by atoms with Gasteiger partial charge >= 0.3 is 0 Å². The SMILES string of the molecule is COc1cccc(Nc2ccccc2)c1Sc1ccccc1. The third-order valence-corrected chi connectivity index (χ3v) is 4.35. The van der Waals surface area contributed by atoms with Crippen LogP contribution in [0.2, 0.25) is 0 Å². The molecule has 0 atom stereocenters. The minimum Gasteiger partial charge on any atom is -0.495 e. The second-order valence-electron chi connectivity index (χ2n) is 4.74. The molecular weight excluding hydrogens is 290 g/mol. The summed E-state index contributed by atoms with van der Waals surface area (Å²) in [5, 5.41) is 3.47. The fourth-order valence-corrected chi connectivity index (χ4v) is 3.17. The molecule has 2 nitrogen and oxygen atoms in total. The van der Waals surface area contributed by atoms with Crippen molar-refractivity contribution in [3.8, 4) is 5.75 Å². The Labute approximate surface area is 135 Å². The van der Waals surface area contributed by atoms with E-state index in [2.05, 4.69) is 35.6 Å². The van der Waals surface area contributed by atoms with Gasteiger partial charge in [-0.15, -0.1) is 0 Å². The summed E-state index contributed by atoms with van der Waals surface area (Å²) in [5.41, 5.74) is 2.10. The Morgan fingerprint density at radius 3 is 2.14 bits per heavy atom. The highest BCUT2D eigenvalue weighted by molar-refractivity contribution is 7.99. The van der Waals surface area contributed by atoms with E-state index in [1.807, 2.05) is 48.5 Å². The highest BCUT2D eigenvalue weighted by atomic mass is 32.2. The van der Waals surface area contributed by atoms with Crippen LogP contribution in [0.1, 0.15) is 0 Å². The van der Waals surface area contributed by atoms with Crippen molar-refractivity contribution in [2.45, 2.75) is 9.79 Å². The first-order valence-corrected chi connectivity index (χ1v) is 7.90. The predicted octanol–water partition coefficient (Wildman–Crippen LogP) is 5.59. The summed E-state index contributed by atoms with van der Waals surface area (Å²) in [6, 6.07) is 26.5. The van der Waals surface area contributed by atoms with E-state index in [4.69, 9.17) is 4.74 Å². The van der Waals surface area contributed by atoms with Gasteiger partial charge < -0.3 is 10.1 Å². The Kier molecular flexibility index (Phi) is 4.66. The maximum absolute atomic E-state index is 5.54. The summed E-state index contributed by atoms with van der Waals surface area (Å²) in [7, 11) is 1.71. The van der Waals surface area contributed by atoms with Crippen LogP contribution in [0, 0.1) is 0 Å². The normalized spacial score (nSPS) is 10.2. The van der Waals surface area contributed by atoms with Gasteiger partial charge in [-0.2, -0.15) is 0 Å². The maximum Gasteiger partial charge on any atom is 0.134 e. The fraction of sp³-hybridized carbons (Fsp3) is 0.0526. The number of hydrogen-bond acceptors (Lipinski definition) is 3. The van der Waals surface area contributed by atoms with Crippen LogP contribution in [0.15, 0.2) is 88.7 Å². The molecule has 110 valence electrons. The molecule has 0 spiro atoms. The number of anilines is 2. The minimum atomic E-state index is 0.870. The summed E-state index contributed by atoms with van der Waals surface area (Å²) in [4.78, 5) is 2.27. The molecule has 0 saturated carbocycles. The molecule has 0 heterocycles. The van der Waals surface area contributed by atoms with E-state index in [9.17, 15) is 0 Å². The van der Waals surface area contributed by atoms with Crippen LogP contribution in [0.3, 0.4) is 0 Å². The van der Waals surface area contributed by atoms with Gasteiger partial charge in [0.25, 0.3) is 0 Å². The first kappa shape index (κ1) is 14.5. The molecule has 0 aliphatic carbocycles. The number of hydrogen-bond donors (Lipinski definition) is 1. The molecule has 3 aromatic carbocycles. The first-order valence-electron chi connectivity index (χ1n) is 7.09. The van der Waals surface area contributed by atoms with Crippen molar-refractivity contribution < 1.29 is 4.74 Å². The lowest BCUT2D eigenvalue weighted by Crippen LogP contribution is -1.95. The third kappa shape index (κ3) is 3.43. The van der Waals surface area contributed by atoms with Crippen molar-refractivity contribution in [3.05, 3.63) is 78.9 Å². The van der Waals surface area contributed by atoms with Crippen LogP contribution >= 0.6 is 11.8 Å². The quantitative estimate of drug-likeness (QED) is 0.664. The third-order valence-electron chi connectivity index (χ3n) is 3.21. The Hall–Kier alpha value is -2.39. The average molecular weight is 307 g/mol. The molecule has 0 aliphatic heterocycles. The summed E-state index contributed by atoms with van der Waals surface area (Å²) < 4.78 is 5.54. The minimum absolute atomic E-state index is 0.870. The molecule has 1 N–H and O–H groups in total. The van der Waals surface area contributed by atoms with Gasteiger partial charge in [0, 0.05) is 10.6 Å². The lowest BCUT2D eigenvalue weighted by Gasteiger charge is -2.15.